The number of hydrogen-bond acceptors (Lipinski definition) is 5. The predicted octanol–water partition coefficient (Wildman–Crippen LogP) is -1.22. The third-order valence-corrected chi connectivity index (χ3v) is 2.06. The number of nitrogens with two attached hydrogens (primary N) is 1. The SMILES string of the molecule is CC(O)N(C)CCCNC/N=C\N=C\C(N)=O. The second-order valence-corrected chi connectivity index (χ2v) is 3.60. The Morgan fingerprint density at radius 1 is 1.65 bits per heavy atom. The minimum Gasteiger partial charge on any atom is -0.379 e. The van der Waals surface area contributed by atoms with Crippen molar-refractivity contribution in [3.8, 4) is 0 Å². The number of aliphatic imine (C=N–C) groups is 2. The molecule has 0 saturated carbocycles. The molecular formula is C10H21N5O2. The summed E-state index contributed by atoms with van der Waals surface area (Å²) in [4.78, 5) is 19.6. The molecule has 7 nitrogen and oxygen atoms in total. The van der Waals surface area contributed by atoms with E-state index in [0.29, 0.717) is 6.67 Å². The Kier molecular flexibility index (Phi) is 9.12. The van der Waals surface area contributed by atoms with Crippen LogP contribution in [-0.4, -0.2) is 61.5 Å². The van der Waals surface area contributed by atoms with Crippen LogP contribution >= 0.6 is 0 Å². The molecule has 1 amide bonds. The van der Waals surface area contributed by atoms with Gasteiger partial charge in [0, 0.05) is 6.54 Å². The number of amides is 1. The third kappa shape index (κ3) is 11.0. The maximum Gasteiger partial charge on any atom is 0.259 e. The summed E-state index contributed by atoms with van der Waals surface area (Å²) in [6.07, 6.45) is 2.78. The molecule has 17 heavy (non-hydrogen) atoms. The second kappa shape index (κ2) is 9.88. The van der Waals surface area contributed by atoms with Gasteiger partial charge in [0.1, 0.15) is 12.6 Å². The van der Waals surface area contributed by atoms with Crippen molar-refractivity contribution in [1.82, 2.24) is 10.2 Å². The van der Waals surface area contributed by atoms with Gasteiger partial charge in [-0.05, 0) is 26.9 Å². The number of nitrogens with zero attached hydrogens (tertiary/aromatic N) is 3. The minimum absolute atomic E-state index is 0.420. The molecule has 0 saturated heterocycles. The molecule has 0 heterocycles. The Balaban J connectivity index is 3.38. The zero-order chi connectivity index (χ0) is 13.1. The van der Waals surface area contributed by atoms with E-state index in [2.05, 4.69) is 15.3 Å². The number of carbonyl (C=O) groups excluding carboxylic acids is 1. The molecule has 1 unspecified atom stereocenters. The Hall–Kier alpha value is -1.31. The van der Waals surface area contributed by atoms with Crippen LogP contribution in [0.2, 0.25) is 0 Å². The van der Waals surface area contributed by atoms with Crippen LogP contribution in [0.5, 0.6) is 0 Å². The van der Waals surface area contributed by atoms with Crippen molar-refractivity contribution in [3.63, 3.8) is 0 Å². The molecule has 0 aromatic carbocycles. The summed E-state index contributed by atoms with van der Waals surface area (Å²) in [6, 6.07) is 0. The molecule has 0 aromatic heterocycles. The van der Waals surface area contributed by atoms with E-state index < -0.39 is 12.1 Å². The van der Waals surface area contributed by atoms with Gasteiger partial charge in [0.15, 0.2) is 0 Å². The van der Waals surface area contributed by atoms with Crippen LogP contribution in [-0.2, 0) is 4.79 Å². The number of aliphatic hydroxyl groups excluding tert-OH is 1. The molecule has 0 aliphatic carbocycles. The first-order valence-corrected chi connectivity index (χ1v) is 5.44. The summed E-state index contributed by atoms with van der Waals surface area (Å²) in [5.74, 6) is -0.592. The zero-order valence-corrected chi connectivity index (χ0v) is 10.3. The smallest absolute Gasteiger partial charge is 0.259 e. The topological polar surface area (TPSA) is 103 Å². The van der Waals surface area contributed by atoms with Gasteiger partial charge < -0.3 is 10.8 Å². The molecular weight excluding hydrogens is 222 g/mol. The number of hydrogen-bond donors (Lipinski definition) is 3. The number of primary amides is 1. The first kappa shape index (κ1) is 15.7. The largest absolute Gasteiger partial charge is 0.379 e. The van der Waals surface area contributed by atoms with E-state index in [1.54, 1.807) is 6.92 Å². The van der Waals surface area contributed by atoms with Gasteiger partial charge in [0.05, 0.1) is 12.9 Å². The Bertz CT molecular complexity index is 265. The second-order valence-electron chi connectivity index (χ2n) is 3.60. The summed E-state index contributed by atoms with van der Waals surface area (Å²) in [7, 11) is 1.86. The molecule has 7 heteroatoms. The van der Waals surface area contributed by atoms with Gasteiger partial charge >= 0.3 is 0 Å². The lowest BCUT2D eigenvalue weighted by molar-refractivity contribution is -0.111. The lowest BCUT2D eigenvalue weighted by Crippen LogP contribution is -2.31. The van der Waals surface area contributed by atoms with E-state index in [4.69, 9.17) is 5.73 Å². The normalized spacial score (nSPS) is 13.9. The minimum atomic E-state index is -0.592. The van der Waals surface area contributed by atoms with Crippen molar-refractivity contribution in [1.29, 1.82) is 0 Å². The van der Waals surface area contributed by atoms with Crippen LogP contribution in [0.15, 0.2) is 9.98 Å². The zero-order valence-electron chi connectivity index (χ0n) is 10.3. The molecule has 0 aliphatic heterocycles. The van der Waals surface area contributed by atoms with Gasteiger partial charge in [-0.15, -0.1) is 0 Å². The monoisotopic (exact) mass is 243 g/mol. The summed E-state index contributed by atoms with van der Waals surface area (Å²) in [5, 5.41) is 12.3. The molecule has 0 aromatic rings. The third-order valence-electron chi connectivity index (χ3n) is 2.06. The number of rotatable bonds is 9. The van der Waals surface area contributed by atoms with Crippen LogP contribution in [0.4, 0.5) is 0 Å². The highest BCUT2D eigenvalue weighted by atomic mass is 16.3. The predicted molar refractivity (Wildman–Crippen MR) is 68.0 cm³/mol. The van der Waals surface area contributed by atoms with E-state index in [1.807, 2.05) is 11.9 Å². The Morgan fingerprint density at radius 2 is 2.35 bits per heavy atom. The lowest BCUT2D eigenvalue weighted by atomic mass is 10.4. The highest BCUT2D eigenvalue weighted by Crippen LogP contribution is 1.91. The molecule has 0 aliphatic rings. The van der Waals surface area contributed by atoms with E-state index in [9.17, 15) is 9.90 Å². The Morgan fingerprint density at radius 3 is 2.94 bits per heavy atom. The number of aliphatic hydroxyl groups is 1. The van der Waals surface area contributed by atoms with Gasteiger partial charge in [-0.1, -0.05) is 0 Å². The van der Waals surface area contributed by atoms with Crippen molar-refractivity contribution >= 4 is 18.5 Å². The van der Waals surface area contributed by atoms with Crippen molar-refractivity contribution in [2.75, 3.05) is 26.8 Å². The van der Waals surface area contributed by atoms with Gasteiger partial charge in [0.2, 0.25) is 0 Å². The van der Waals surface area contributed by atoms with Crippen molar-refractivity contribution in [2.24, 2.45) is 15.7 Å². The first-order valence-electron chi connectivity index (χ1n) is 5.44. The molecule has 0 bridgehead atoms. The van der Waals surface area contributed by atoms with Gasteiger partial charge in [-0.2, -0.15) is 0 Å². The fourth-order valence-corrected chi connectivity index (χ4v) is 0.979. The quantitative estimate of drug-likeness (QED) is 0.204. The molecule has 98 valence electrons. The average molecular weight is 243 g/mol. The maximum absolute atomic E-state index is 10.3. The van der Waals surface area contributed by atoms with Crippen LogP contribution in [0.25, 0.3) is 0 Å². The molecule has 0 radical (unpaired) electrons. The number of nitrogens with one attached hydrogen (secondary N) is 1. The molecule has 0 rings (SSSR count). The molecule has 4 N–H and O–H groups in total. The van der Waals surface area contributed by atoms with Gasteiger partial charge in [-0.3, -0.25) is 20.0 Å². The lowest BCUT2D eigenvalue weighted by Gasteiger charge is -2.19. The fourth-order valence-electron chi connectivity index (χ4n) is 0.979. The van der Waals surface area contributed by atoms with E-state index in [-0.39, 0.29) is 0 Å². The van der Waals surface area contributed by atoms with Gasteiger partial charge in [-0.25, -0.2) is 4.99 Å². The van der Waals surface area contributed by atoms with E-state index >= 15 is 0 Å². The molecule has 0 fully saturated rings. The van der Waals surface area contributed by atoms with Crippen molar-refractivity contribution in [2.45, 2.75) is 19.6 Å². The first-order chi connectivity index (χ1) is 8.04. The summed E-state index contributed by atoms with van der Waals surface area (Å²) < 4.78 is 0. The summed E-state index contributed by atoms with van der Waals surface area (Å²) in [5.41, 5.74) is 4.83. The highest BCUT2D eigenvalue weighted by molar-refractivity contribution is 6.26. The molecule has 0 spiro atoms. The molecule has 1 atom stereocenters. The number of carbonyl (C=O) groups is 1. The van der Waals surface area contributed by atoms with Crippen LogP contribution in [0.1, 0.15) is 13.3 Å². The summed E-state index contributed by atoms with van der Waals surface area (Å²) >= 11 is 0. The summed E-state index contributed by atoms with van der Waals surface area (Å²) in [6.45, 7) is 3.78. The standard InChI is InChI=1S/C10H21N5O2/c1-9(16)15(2)5-3-4-12-7-14-8-13-6-10(11)17/h6,8-9,12,16H,3-5,7H2,1-2H3,(H2,11,17)/b13-6+,14-8-. The van der Waals surface area contributed by atoms with Crippen molar-refractivity contribution < 1.29 is 9.90 Å². The maximum atomic E-state index is 10.3. The van der Waals surface area contributed by atoms with Gasteiger partial charge in [0.25, 0.3) is 5.91 Å². The highest BCUT2D eigenvalue weighted by Gasteiger charge is 2.02. The van der Waals surface area contributed by atoms with Crippen LogP contribution < -0.4 is 11.1 Å². The fraction of sp³-hybridized carbons (Fsp3) is 0.700. The van der Waals surface area contributed by atoms with Crippen molar-refractivity contribution in [3.05, 3.63) is 0 Å². The van der Waals surface area contributed by atoms with E-state index in [1.165, 1.54) is 6.34 Å². The van der Waals surface area contributed by atoms with Crippen LogP contribution in [0, 0.1) is 0 Å². The van der Waals surface area contributed by atoms with E-state index in [0.717, 1.165) is 25.7 Å². The average Bonchev–Trinajstić information content (AvgIpc) is 2.25. The Labute approximate surface area is 101 Å². The van der Waals surface area contributed by atoms with Crippen LogP contribution in [0.3, 0.4) is 0 Å².